The standard InChI is InChI=1S/C11H18N2O/c1-3-5-8-12-10-6-7-11(13-9-10)14-4-2/h6-7,9,12H,3-5,8H2,1-2H3. The Bertz CT molecular complexity index is 246. The molecular weight excluding hydrogens is 176 g/mol. The average molecular weight is 194 g/mol. The summed E-state index contributed by atoms with van der Waals surface area (Å²) in [4.78, 5) is 4.16. The predicted molar refractivity (Wildman–Crippen MR) is 58.8 cm³/mol. The first-order valence-corrected chi connectivity index (χ1v) is 5.19. The second-order valence-corrected chi connectivity index (χ2v) is 3.10. The van der Waals surface area contributed by atoms with Gasteiger partial charge in [0.05, 0.1) is 18.5 Å². The van der Waals surface area contributed by atoms with Crippen LogP contribution in [0.15, 0.2) is 18.3 Å². The van der Waals surface area contributed by atoms with Crippen molar-refractivity contribution in [3.63, 3.8) is 0 Å². The van der Waals surface area contributed by atoms with Gasteiger partial charge in [0.15, 0.2) is 0 Å². The molecule has 0 amide bonds. The second-order valence-electron chi connectivity index (χ2n) is 3.10. The van der Waals surface area contributed by atoms with Crippen LogP contribution in [0.5, 0.6) is 5.88 Å². The Labute approximate surface area is 85.5 Å². The Morgan fingerprint density at radius 3 is 2.79 bits per heavy atom. The van der Waals surface area contributed by atoms with Crippen LogP contribution in [0.3, 0.4) is 0 Å². The van der Waals surface area contributed by atoms with E-state index in [-0.39, 0.29) is 0 Å². The first-order valence-electron chi connectivity index (χ1n) is 5.19. The zero-order chi connectivity index (χ0) is 10.2. The molecule has 0 fully saturated rings. The van der Waals surface area contributed by atoms with Gasteiger partial charge < -0.3 is 10.1 Å². The van der Waals surface area contributed by atoms with E-state index in [4.69, 9.17) is 4.74 Å². The smallest absolute Gasteiger partial charge is 0.213 e. The van der Waals surface area contributed by atoms with E-state index in [0.29, 0.717) is 12.5 Å². The van der Waals surface area contributed by atoms with E-state index >= 15 is 0 Å². The predicted octanol–water partition coefficient (Wildman–Crippen LogP) is 2.69. The van der Waals surface area contributed by atoms with Crippen molar-refractivity contribution in [1.29, 1.82) is 0 Å². The molecular formula is C11H18N2O. The van der Waals surface area contributed by atoms with Crippen LogP contribution >= 0.6 is 0 Å². The number of pyridine rings is 1. The molecule has 0 aromatic carbocycles. The van der Waals surface area contributed by atoms with Crippen molar-refractivity contribution in [2.45, 2.75) is 26.7 Å². The third-order valence-corrected chi connectivity index (χ3v) is 1.89. The molecule has 14 heavy (non-hydrogen) atoms. The molecule has 0 aliphatic carbocycles. The van der Waals surface area contributed by atoms with Crippen molar-refractivity contribution in [2.75, 3.05) is 18.5 Å². The van der Waals surface area contributed by atoms with Gasteiger partial charge in [0.25, 0.3) is 0 Å². The molecule has 0 aliphatic rings. The Kier molecular flexibility index (Phi) is 4.83. The van der Waals surface area contributed by atoms with E-state index in [9.17, 15) is 0 Å². The highest BCUT2D eigenvalue weighted by atomic mass is 16.5. The normalized spacial score (nSPS) is 9.86. The Morgan fingerprint density at radius 2 is 2.21 bits per heavy atom. The second kappa shape index (κ2) is 6.24. The Hall–Kier alpha value is -1.25. The fourth-order valence-electron chi connectivity index (χ4n) is 1.13. The van der Waals surface area contributed by atoms with Gasteiger partial charge in [-0.15, -0.1) is 0 Å². The summed E-state index contributed by atoms with van der Waals surface area (Å²) < 4.78 is 5.25. The van der Waals surface area contributed by atoms with Crippen LogP contribution in [0.25, 0.3) is 0 Å². The molecule has 0 saturated carbocycles. The average Bonchev–Trinajstić information content (AvgIpc) is 2.21. The summed E-state index contributed by atoms with van der Waals surface area (Å²) in [6.45, 7) is 5.80. The number of nitrogens with zero attached hydrogens (tertiary/aromatic N) is 1. The Morgan fingerprint density at radius 1 is 1.36 bits per heavy atom. The lowest BCUT2D eigenvalue weighted by Gasteiger charge is -2.06. The summed E-state index contributed by atoms with van der Waals surface area (Å²) in [5.41, 5.74) is 1.06. The van der Waals surface area contributed by atoms with E-state index < -0.39 is 0 Å². The minimum atomic E-state index is 0.662. The monoisotopic (exact) mass is 194 g/mol. The highest BCUT2D eigenvalue weighted by Gasteiger charge is 1.94. The molecule has 1 heterocycles. The summed E-state index contributed by atoms with van der Waals surface area (Å²) in [5.74, 6) is 0.688. The van der Waals surface area contributed by atoms with Crippen LogP contribution in [0.4, 0.5) is 5.69 Å². The minimum Gasteiger partial charge on any atom is -0.478 e. The third kappa shape index (κ3) is 3.64. The van der Waals surface area contributed by atoms with Crippen molar-refractivity contribution in [2.24, 2.45) is 0 Å². The molecule has 0 bridgehead atoms. The molecule has 1 rings (SSSR count). The molecule has 1 aromatic heterocycles. The molecule has 0 radical (unpaired) electrons. The zero-order valence-electron chi connectivity index (χ0n) is 8.92. The SMILES string of the molecule is CCCCNc1ccc(OCC)nc1. The van der Waals surface area contributed by atoms with E-state index in [1.54, 1.807) is 6.20 Å². The number of rotatable bonds is 6. The number of hydrogen-bond acceptors (Lipinski definition) is 3. The van der Waals surface area contributed by atoms with Gasteiger partial charge in [0.2, 0.25) is 5.88 Å². The molecule has 0 unspecified atom stereocenters. The number of ether oxygens (including phenoxy) is 1. The van der Waals surface area contributed by atoms with Crippen LogP contribution in [-0.2, 0) is 0 Å². The topological polar surface area (TPSA) is 34.1 Å². The van der Waals surface area contributed by atoms with Gasteiger partial charge in [-0.05, 0) is 19.4 Å². The number of aromatic nitrogens is 1. The summed E-state index contributed by atoms with van der Waals surface area (Å²) in [5, 5.41) is 3.30. The minimum absolute atomic E-state index is 0.662. The van der Waals surface area contributed by atoms with Gasteiger partial charge in [0.1, 0.15) is 0 Å². The Balaban J connectivity index is 2.38. The zero-order valence-corrected chi connectivity index (χ0v) is 8.92. The maximum absolute atomic E-state index is 5.25. The molecule has 3 heteroatoms. The van der Waals surface area contributed by atoms with Gasteiger partial charge in [-0.1, -0.05) is 13.3 Å². The maximum atomic E-state index is 5.25. The van der Waals surface area contributed by atoms with Crippen LogP contribution in [0.1, 0.15) is 26.7 Å². The largest absolute Gasteiger partial charge is 0.478 e. The van der Waals surface area contributed by atoms with Crippen LogP contribution in [-0.4, -0.2) is 18.1 Å². The summed E-state index contributed by atoms with van der Waals surface area (Å²) in [7, 11) is 0. The fourth-order valence-corrected chi connectivity index (χ4v) is 1.13. The highest BCUT2D eigenvalue weighted by Crippen LogP contribution is 2.11. The third-order valence-electron chi connectivity index (χ3n) is 1.89. The van der Waals surface area contributed by atoms with Gasteiger partial charge in [-0.3, -0.25) is 0 Å². The van der Waals surface area contributed by atoms with Crippen molar-refractivity contribution in [3.05, 3.63) is 18.3 Å². The van der Waals surface area contributed by atoms with Gasteiger partial charge in [-0.2, -0.15) is 0 Å². The maximum Gasteiger partial charge on any atom is 0.213 e. The highest BCUT2D eigenvalue weighted by molar-refractivity contribution is 5.41. The van der Waals surface area contributed by atoms with E-state index in [2.05, 4.69) is 17.2 Å². The quantitative estimate of drug-likeness (QED) is 0.707. The van der Waals surface area contributed by atoms with Crippen LogP contribution in [0.2, 0.25) is 0 Å². The number of unbranched alkanes of at least 4 members (excludes halogenated alkanes) is 1. The fraction of sp³-hybridized carbons (Fsp3) is 0.545. The van der Waals surface area contributed by atoms with Gasteiger partial charge in [-0.25, -0.2) is 4.98 Å². The number of anilines is 1. The number of hydrogen-bond donors (Lipinski definition) is 1. The lowest BCUT2D eigenvalue weighted by Crippen LogP contribution is -2.01. The van der Waals surface area contributed by atoms with E-state index in [1.807, 2.05) is 19.1 Å². The molecule has 0 aliphatic heterocycles. The molecule has 1 N–H and O–H groups in total. The number of nitrogens with one attached hydrogen (secondary N) is 1. The van der Waals surface area contributed by atoms with E-state index in [1.165, 1.54) is 12.8 Å². The van der Waals surface area contributed by atoms with Crippen molar-refractivity contribution in [1.82, 2.24) is 4.98 Å². The molecule has 0 saturated heterocycles. The van der Waals surface area contributed by atoms with Crippen molar-refractivity contribution in [3.8, 4) is 5.88 Å². The summed E-state index contributed by atoms with van der Waals surface area (Å²) in [6.07, 6.45) is 4.20. The van der Waals surface area contributed by atoms with Gasteiger partial charge in [0, 0.05) is 12.6 Å². The van der Waals surface area contributed by atoms with Crippen molar-refractivity contribution >= 4 is 5.69 Å². The lowest BCUT2D eigenvalue weighted by molar-refractivity contribution is 0.327. The molecule has 0 atom stereocenters. The lowest BCUT2D eigenvalue weighted by atomic mass is 10.3. The first-order chi connectivity index (χ1) is 6.86. The first kappa shape index (κ1) is 10.8. The van der Waals surface area contributed by atoms with Crippen molar-refractivity contribution < 1.29 is 4.74 Å². The van der Waals surface area contributed by atoms with Crippen LogP contribution < -0.4 is 10.1 Å². The molecule has 3 nitrogen and oxygen atoms in total. The summed E-state index contributed by atoms with van der Waals surface area (Å²) >= 11 is 0. The molecule has 78 valence electrons. The summed E-state index contributed by atoms with van der Waals surface area (Å²) in [6, 6.07) is 3.88. The van der Waals surface area contributed by atoms with Crippen LogP contribution in [0, 0.1) is 0 Å². The van der Waals surface area contributed by atoms with E-state index in [0.717, 1.165) is 12.2 Å². The molecule has 1 aromatic rings. The molecule has 0 spiro atoms. The van der Waals surface area contributed by atoms with Gasteiger partial charge >= 0.3 is 0 Å².